The smallest absolute Gasteiger partial charge is 0.194 e. The fourth-order valence-corrected chi connectivity index (χ4v) is 2.80. The van der Waals surface area contributed by atoms with E-state index < -0.39 is 0 Å². The largest absolute Gasteiger partial charge is 0.382 e. The lowest BCUT2D eigenvalue weighted by molar-refractivity contribution is 0.919. The van der Waals surface area contributed by atoms with Crippen LogP contribution in [0.25, 0.3) is 10.9 Å². The second-order valence-corrected chi connectivity index (χ2v) is 5.42. The highest BCUT2D eigenvalue weighted by atomic mass is 32.2. The molecule has 0 radical (unpaired) electrons. The SMILES string of the molecule is Cc1cc(C(=N)N)nc(Sc2cc3ccccc3[nH]2)n1. The first-order valence-electron chi connectivity index (χ1n) is 6.07. The van der Waals surface area contributed by atoms with E-state index in [1.54, 1.807) is 6.07 Å². The van der Waals surface area contributed by atoms with E-state index in [9.17, 15) is 0 Å². The monoisotopic (exact) mass is 283 g/mol. The molecule has 6 heteroatoms. The van der Waals surface area contributed by atoms with Crippen molar-refractivity contribution in [3.8, 4) is 0 Å². The number of benzene rings is 1. The minimum absolute atomic E-state index is 0.0472. The molecule has 0 saturated carbocycles. The number of nitrogens with two attached hydrogens (primary N) is 1. The minimum Gasteiger partial charge on any atom is -0.382 e. The van der Waals surface area contributed by atoms with Crippen LogP contribution in [0.1, 0.15) is 11.4 Å². The number of nitrogens with one attached hydrogen (secondary N) is 2. The maximum atomic E-state index is 7.47. The molecule has 100 valence electrons. The fourth-order valence-electron chi connectivity index (χ4n) is 1.93. The average Bonchev–Trinajstić information content (AvgIpc) is 2.79. The summed E-state index contributed by atoms with van der Waals surface area (Å²) in [6, 6.07) is 11.8. The molecule has 3 aromatic rings. The van der Waals surface area contributed by atoms with Gasteiger partial charge in [0.15, 0.2) is 5.16 Å². The van der Waals surface area contributed by atoms with E-state index in [-0.39, 0.29) is 5.84 Å². The van der Waals surface area contributed by atoms with Crippen molar-refractivity contribution in [1.82, 2.24) is 15.0 Å². The number of nitrogens with zero attached hydrogens (tertiary/aromatic N) is 2. The molecule has 0 unspecified atom stereocenters. The predicted octanol–water partition coefficient (Wildman–Crippen LogP) is 2.70. The van der Waals surface area contributed by atoms with Gasteiger partial charge in [-0.3, -0.25) is 5.41 Å². The number of H-pyrrole nitrogens is 1. The molecule has 0 amide bonds. The van der Waals surface area contributed by atoms with Gasteiger partial charge in [-0.25, -0.2) is 9.97 Å². The number of fused-ring (bicyclic) bond motifs is 1. The van der Waals surface area contributed by atoms with Crippen LogP contribution in [0.3, 0.4) is 0 Å². The number of aromatic amines is 1. The third kappa shape index (κ3) is 2.50. The highest BCUT2D eigenvalue weighted by molar-refractivity contribution is 7.99. The Morgan fingerprint density at radius 1 is 1.25 bits per heavy atom. The van der Waals surface area contributed by atoms with Crippen molar-refractivity contribution in [2.75, 3.05) is 0 Å². The molecule has 5 nitrogen and oxygen atoms in total. The first-order valence-corrected chi connectivity index (χ1v) is 6.89. The molecular formula is C14H13N5S. The number of hydrogen-bond acceptors (Lipinski definition) is 4. The predicted molar refractivity (Wildman–Crippen MR) is 80.2 cm³/mol. The summed E-state index contributed by atoms with van der Waals surface area (Å²) >= 11 is 1.43. The van der Waals surface area contributed by atoms with E-state index in [1.807, 2.05) is 31.2 Å². The molecule has 0 fully saturated rings. The van der Waals surface area contributed by atoms with Gasteiger partial charge in [-0.05, 0) is 36.9 Å². The van der Waals surface area contributed by atoms with E-state index >= 15 is 0 Å². The van der Waals surface area contributed by atoms with Crippen molar-refractivity contribution in [2.24, 2.45) is 5.73 Å². The Labute approximate surface area is 120 Å². The van der Waals surface area contributed by atoms with Crippen LogP contribution in [0.4, 0.5) is 0 Å². The molecule has 4 N–H and O–H groups in total. The first-order chi connectivity index (χ1) is 9.61. The van der Waals surface area contributed by atoms with Gasteiger partial charge in [0.25, 0.3) is 0 Å². The van der Waals surface area contributed by atoms with Crippen LogP contribution < -0.4 is 5.73 Å². The maximum absolute atomic E-state index is 7.47. The van der Waals surface area contributed by atoms with Crippen LogP contribution in [0, 0.1) is 12.3 Å². The van der Waals surface area contributed by atoms with Crippen molar-refractivity contribution in [1.29, 1.82) is 5.41 Å². The summed E-state index contributed by atoms with van der Waals surface area (Å²) < 4.78 is 0. The van der Waals surface area contributed by atoms with Gasteiger partial charge in [-0.1, -0.05) is 18.2 Å². The lowest BCUT2D eigenvalue weighted by Gasteiger charge is -2.03. The van der Waals surface area contributed by atoms with Crippen LogP contribution in [0.2, 0.25) is 0 Å². The van der Waals surface area contributed by atoms with Gasteiger partial charge in [-0.15, -0.1) is 0 Å². The Morgan fingerprint density at radius 2 is 2.05 bits per heavy atom. The Balaban J connectivity index is 1.96. The molecule has 2 aromatic heterocycles. The minimum atomic E-state index is -0.0472. The Kier molecular flexibility index (Phi) is 3.15. The summed E-state index contributed by atoms with van der Waals surface area (Å²) in [4.78, 5) is 12.0. The van der Waals surface area contributed by atoms with E-state index in [0.717, 1.165) is 21.6 Å². The second-order valence-electron chi connectivity index (χ2n) is 4.41. The molecule has 3 rings (SSSR count). The Bertz CT molecular complexity index is 760. The lowest BCUT2D eigenvalue weighted by atomic mass is 10.3. The zero-order valence-electron chi connectivity index (χ0n) is 10.8. The van der Waals surface area contributed by atoms with E-state index in [2.05, 4.69) is 21.0 Å². The molecule has 0 aliphatic rings. The van der Waals surface area contributed by atoms with Crippen LogP contribution >= 0.6 is 11.8 Å². The Hall–Kier alpha value is -2.34. The molecule has 1 aromatic carbocycles. The number of para-hydroxylation sites is 1. The quantitative estimate of drug-likeness (QED) is 0.391. The zero-order valence-corrected chi connectivity index (χ0v) is 11.7. The summed E-state index contributed by atoms with van der Waals surface area (Å²) in [6.45, 7) is 1.86. The van der Waals surface area contributed by atoms with Crippen LogP contribution in [0.5, 0.6) is 0 Å². The van der Waals surface area contributed by atoms with Gasteiger partial charge in [-0.2, -0.15) is 0 Å². The average molecular weight is 283 g/mol. The summed E-state index contributed by atoms with van der Waals surface area (Å²) in [5, 5.41) is 10.2. The van der Waals surface area contributed by atoms with Gasteiger partial charge < -0.3 is 10.7 Å². The maximum Gasteiger partial charge on any atom is 0.194 e. The molecule has 0 aliphatic carbocycles. The lowest BCUT2D eigenvalue weighted by Crippen LogP contribution is -2.14. The molecule has 0 spiro atoms. The summed E-state index contributed by atoms with van der Waals surface area (Å²) in [6.07, 6.45) is 0. The standard InChI is InChI=1S/C14H13N5S/c1-8-6-11(13(15)16)19-14(17-8)20-12-7-9-4-2-3-5-10(9)18-12/h2-7,18H,1H3,(H3,15,16). The molecular weight excluding hydrogens is 270 g/mol. The summed E-state index contributed by atoms with van der Waals surface area (Å²) in [5.41, 5.74) is 7.81. The summed E-state index contributed by atoms with van der Waals surface area (Å²) in [5.74, 6) is -0.0472. The molecule has 0 atom stereocenters. The zero-order chi connectivity index (χ0) is 14.1. The van der Waals surface area contributed by atoms with E-state index in [4.69, 9.17) is 11.1 Å². The first kappa shape index (κ1) is 12.7. The number of rotatable bonds is 3. The molecule has 0 aliphatic heterocycles. The normalized spacial score (nSPS) is 10.8. The van der Waals surface area contributed by atoms with Crippen molar-refractivity contribution in [2.45, 2.75) is 17.1 Å². The highest BCUT2D eigenvalue weighted by Gasteiger charge is 2.08. The number of aryl methyl sites for hydroxylation is 1. The number of amidine groups is 1. The fraction of sp³-hybridized carbons (Fsp3) is 0.0714. The van der Waals surface area contributed by atoms with Crippen molar-refractivity contribution >= 4 is 28.5 Å². The number of aromatic nitrogens is 3. The van der Waals surface area contributed by atoms with Crippen molar-refractivity contribution in [3.63, 3.8) is 0 Å². The second kappa shape index (κ2) is 4.97. The van der Waals surface area contributed by atoms with Crippen LogP contribution in [0.15, 0.2) is 46.6 Å². The summed E-state index contributed by atoms with van der Waals surface area (Å²) in [7, 11) is 0. The van der Waals surface area contributed by atoms with Crippen molar-refractivity contribution in [3.05, 3.63) is 47.8 Å². The van der Waals surface area contributed by atoms with Gasteiger partial charge >= 0.3 is 0 Å². The van der Waals surface area contributed by atoms with Gasteiger partial charge in [0.05, 0.1) is 5.03 Å². The molecule has 2 heterocycles. The number of nitrogen functional groups attached to an aromatic ring is 1. The molecule has 20 heavy (non-hydrogen) atoms. The Morgan fingerprint density at radius 3 is 2.80 bits per heavy atom. The van der Waals surface area contributed by atoms with Crippen molar-refractivity contribution < 1.29 is 0 Å². The van der Waals surface area contributed by atoms with E-state index in [1.165, 1.54) is 11.8 Å². The van der Waals surface area contributed by atoms with Gasteiger partial charge in [0, 0.05) is 16.6 Å². The highest BCUT2D eigenvalue weighted by Crippen LogP contribution is 2.27. The van der Waals surface area contributed by atoms with Crippen LogP contribution in [-0.4, -0.2) is 20.8 Å². The third-order valence-corrected chi connectivity index (χ3v) is 3.62. The topological polar surface area (TPSA) is 91.4 Å². The van der Waals surface area contributed by atoms with E-state index in [0.29, 0.717) is 10.9 Å². The van der Waals surface area contributed by atoms with Crippen LogP contribution in [-0.2, 0) is 0 Å². The third-order valence-electron chi connectivity index (χ3n) is 2.82. The van der Waals surface area contributed by atoms with Gasteiger partial charge in [0.2, 0.25) is 0 Å². The molecule has 0 saturated heterocycles. The number of hydrogen-bond donors (Lipinski definition) is 3. The van der Waals surface area contributed by atoms with Gasteiger partial charge in [0.1, 0.15) is 11.5 Å². The molecule has 0 bridgehead atoms.